The molecular weight excluding hydrogens is 284 g/mol. The lowest BCUT2D eigenvalue weighted by atomic mass is 9.78. The maximum Gasteiger partial charge on any atom is 0.278 e. The highest BCUT2D eigenvalue weighted by molar-refractivity contribution is 5.77. The molecule has 0 heterocycles. The first-order valence-corrected chi connectivity index (χ1v) is 9.15. The van der Waals surface area contributed by atoms with Gasteiger partial charge in [-0.1, -0.05) is 44.2 Å². The van der Waals surface area contributed by atoms with Crippen molar-refractivity contribution in [1.82, 2.24) is 4.90 Å². The van der Waals surface area contributed by atoms with Crippen LogP contribution in [-0.2, 0) is 11.3 Å². The lowest BCUT2D eigenvalue weighted by molar-refractivity contribution is -0.689. The highest BCUT2D eigenvalue weighted by atomic mass is 16.2. The van der Waals surface area contributed by atoms with Crippen molar-refractivity contribution in [1.29, 1.82) is 0 Å². The number of carbonyl (C=O) groups excluding carboxylic acids is 1. The summed E-state index contributed by atoms with van der Waals surface area (Å²) in [5.41, 5.74) is 1.20. The minimum absolute atomic E-state index is 0.235. The molecule has 1 amide bonds. The van der Waals surface area contributed by atoms with E-state index in [0.29, 0.717) is 25.0 Å². The molecule has 2 N–H and O–H groups in total. The van der Waals surface area contributed by atoms with Gasteiger partial charge in [0.2, 0.25) is 0 Å². The predicted octanol–water partition coefficient (Wildman–Crippen LogP) is 2.81. The van der Waals surface area contributed by atoms with Crippen LogP contribution in [0.5, 0.6) is 0 Å². The molecule has 2 rings (SSSR count). The van der Waals surface area contributed by atoms with Gasteiger partial charge < -0.3 is 10.2 Å². The largest absolute Gasteiger partial charge is 0.336 e. The summed E-state index contributed by atoms with van der Waals surface area (Å²) in [6.45, 7) is 10.2. The van der Waals surface area contributed by atoms with Crippen molar-refractivity contribution in [2.24, 2.45) is 11.8 Å². The first-order chi connectivity index (χ1) is 11.0. The average Bonchev–Trinajstić information content (AvgIpc) is 2.54. The zero-order valence-electron chi connectivity index (χ0n) is 15.2. The first-order valence-electron chi connectivity index (χ1n) is 9.15. The Hall–Kier alpha value is -1.35. The van der Waals surface area contributed by atoms with Crippen molar-refractivity contribution >= 4 is 5.91 Å². The Morgan fingerprint density at radius 2 is 1.91 bits per heavy atom. The molecule has 3 heteroatoms. The van der Waals surface area contributed by atoms with Crippen molar-refractivity contribution in [2.45, 2.75) is 65.6 Å². The fourth-order valence-electron chi connectivity index (χ4n) is 3.66. The summed E-state index contributed by atoms with van der Waals surface area (Å²) in [7, 11) is 0. The summed E-state index contributed by atoms with van der Waals surface area (Å²) in [5, 5.41) is 2.29. The van der Waals surface area contributed by atoms with E-state index in [0.717, 1.165) is 5.92 Å². The van der Waals surface area contributed by atoms with Gasteiger partial charge in [0.15, 0.2) is 6.54 Å². The van der Waals surface area contributed by atoms with Crippen molar-refractivity contribution in [3.05, 3.63) is 35.9 Å². The molecule has 0 aliphatic heterocycles. The molecule has 128 valence electrons. The smallest absolute Gasteiger partial charge is 0.278 e. The van der Waals surface area contributed by atoms with Crippen LogP contribution >= 0.6 is 0 Å². The van der Waals surface area contributed by atoms with Crippen LogP contribution < -0.4 is 5.32 Å². The first kappa shape index (κ1) is 18.0. The van der Waals surface area contributed by atoms with Gasteiger partial charge in [0.05, 0.1) is 6.04 Å². The number of hydrogen-bond acceptors (Lipinski definition) is 1. The van der Waals surface area contributed by atoms with E-state index < -0.39 is 0 Å². The molecule has 1 saturated carbocycles. The minimum Gasteiger partial charge on any atom is -0.336 e. The molecule has 0 bridgehead atoms. The normalized spacial score (nSPS) is 24.7. The fraction of sp³-hybridized carbons (Fsp3) is 0.650. The number of amides is 1. The van der Waals surface area contributed by atoms with Crippen molar-refractivity contribution in [3.63, 3.8) is 0 Å². The Balaban J connectivity index is 1.91. The van der Waals surface area contributed by atoms with E-state index in [2.05, 4.69) is 45.1 Å². The third-order valence-electron chi connectivity index (χ3n) is 5.50. The molecule has 3 atom stereocenters. The molecule has 1 aliphatic carbocycles. The third kappa shape index (κ3) is 5.07. The van der Waals surface area contributed by atoms with Crippen LogP contribution in [0, 0.1) is 11.8 Å². The monoisotopic (exact) mass is 317 g/mol. The standard InChI is InChI=1S/C20H32N2O/c1-15(2)22(14-18-10-6-5-7-11-18)20(23)13-21-19-12-8-9-16(3)17(19)4/h5-7,10-11,15-17,19,21H,8-9,12-14H2,1-4H3/p+1/t16-,17-,19+/m0/s1. The van der Waals surface area contributed by atoms with E-state index in [9.17, 15) is 4.79 Å². The van der Waals surface area contributed by atoms with Crippen LogP contribution in [0.1, 0.15) is 52.5 Å². The molecule has 0 radical (unpaired) electrons. The number of carbonyl (C=O) groups is 1. The molecule has 3 nitrogen and oxygen atoms in total. The number of rotatable bonds is 6. The predicted molar refractivity (Wildman–Crippen MR) is 94.9 cm³/mol. The van der Waals surface area contributed by atoms with Crippen LogP contribution in [0.4, 0.5) is 0 Å². The van der Waals surface area contributed by atoms with Crippen molar-refractivity contribution in [2.75, 3.05) is 6.54 Å². The summed E-state index contributed by atoms with van der Waals surface area (Å²) < 4.78 is 0. The van der Waals surface area contributed by atoms with Crippen molar-refractivity contribution < 1.29 is 10.1 Å². The van der Waals surface area contributed by atoms with Gasteiger partial charge in [0.25, 0.3) is 5.91 Å². The average molecular weight is 317 g/mol. The molecule has 0 saturated heterocycles. The lowest BCUT2D eigenvalue weighted by Crippen LogP contribution is -2.93. The van der Waals surface area contributed by atoms with E-state index in [-0.39, 0.29) is 11.9 Å². The zero-order valence-corrected chi connectivity index (χ0v) is 15.2. The highest BCUT2D eigenvalue weighted by Crippen LogP contribution is 2.27. The van der Waals surface area contributed by atoms with E-state index in [1.54, 1.807) is 0 Å². The molecule has 1 aromatic rings. The zero-order chi connectivity index (χ0) is 16.8. The summed E-state index contributed by atoms with van der Waals surface area (Å²) in [6, 6.07) is 11.1. The number of quaternary nitrogens is 1. The maximum atomic E-state index is 12.7. The molecule has 1 fully saturated rings. The van der Waals surface area contributed by atoms with Crippen LogP contribution in [0.3, 0.4) is 0 Å². The summed E-state index contributed by atoms with van der Waals surface area (Å²) in [5.74, 6) is 1.75. The Kier molecular flexibility index (Phi) is 6.64. The van der Waals surface area contributed by atoms with Crippen molar-refractivity contribution in [3.8, 4) is 0 Å². The Bertz CT molecular complexity index is 486. The molecular formula is C20H33N2O+. The second-order valence-corrected chi connectivity index (χ2v) is 7.47. The van der Waals surface area contributed by atoms with Crippen LogP contribution in [-0.4, -0.2) is 29.4 Å². The quantitative estimate of drug-likeness (QED) is 0.860. The number of nitrogens with two attached hydrogens (primary N) is 1. The van der Waals surface area contributed by atoms with Gasteiger partial charge in [-0.15, -0.1) is 0 Å². The molecule has 0 aromatic heterocycles. The maximum absolute atomic E-state index is 12.7. The molecule has 23 heavy (non-hydrogen) atoms. The van der Waals surface area contributed by atoms with Gasteiger partial charge in [-0.3, -0.25) is 4.79 Å². The molecule has 1 aromatic carbocycles. The minimum atomic E-state index is 0.235. The SMILES string of the molecule is CC(C)N(Cc1ccccc1)C(=O)C[NH2+][C@@H]1CCC[C@H](C)[C@@H]1C. The van der Waals surface area contributed by atoms with E-state index in [1.165, 1.54) is 24.8 Å². The molecule has 1 aliphatic rings. The Morgan fingerprint density at radius 1 is 1.22 bits per heavy atom. The summed E-state index contributed by atoms with van der Waals surface area (Å²) in [4.78, 5) is 14.7. The van der Waals surface area contributed by atoms with Crippen LogP contribution in [0.15, 0.2) is 30.3 Å². The topological polar surface area (TPSA) is 36.9 Å². The van der Waals surface area contributed by atoms with Gasteiger partial charge in [-0.2, -0.15) is 0 Å². The van der Waals surface area contributed by atoms with Gasteiger partial charge in [-0.05, 0) is 44.6 Å². The Morgan fingerprint density at radius 3 is 2.57 bits per heavy atom. The fourth-order valence-corrected chi connectivity index (χ4v) is 3.66. The number of nitrogens with zero attached hydrogens (tertiary/aromatic N) is 1. The second kappa shape index (κ2) is 8.49. The van der Waals surface area contributed by atoms with Gasteiger partial charge in [-0.25, -0.2) is 0 Å². The second-order valence-electron chi connectivity index (χ2n) is 7.47. The van der Waals surface area contributed by atoms with E-state index >= 15 is 0 Å². The molecule has 0 unspecified atom stereocenters. The van der Waals surface area contributed by atoms with Crippen LogP contribution in [0.25, 0.3) is 0 Å². The van der Waals surface area contributed by atoms with Gasteiger partial charge in [0.1, 0.15) is 0 Å². The third-order valence-corrected chi connectivity index (χ3v) is 5.50. The number of benzene rings is 1. The lowest BCUT2D eigenvalue weighted by Gasteiger charge is -2.33. The molecule has 0 spiro atoms. The summed E-state index contributed by atoms with van der Waals surface area (Å²) in [6.07, 6.45) is 3.89. The van der Waals surface area contributed by atoms with E-state index in [1.807, 2.05) is 23.1 Å². The van der Waals surface area contributed by atoms with E-state index in [4.69, 9.17) is 0 Å². The van der Waals surface area contributed by atoms with Crippen LogP contribution in [0.2, 0.25) is 0 Å². The number of hydrogen-bond donors (Lipinski definition) is 1. The van der Waals surface area contributed by atoms with Gasteiger partial charge >= 0.3 is 0 Å². The Labute approximate surface area is 141 Å². The van der Waals surface area contributed by atoms with Gasteiger partial charge in [0, 0.05) is 18.5 Å². The highest BCUT2D eigenvalue weighted by Gasteiger charge is 2.30. The summed E-state index contributed by atoms with van der Waals surface area (Å²) >= 11 is 0.